The number of nitrogens with one attached hydrogen (secondary N) is 3. The molecule has 32 heavy (non-hydrogen) atoms. The normalized spacial score (nSPS) is 13.2. The summed E-state index contributed by atoms with van der Waals surface area (Å²) in [6, 6.07) is 17.7. The highest BCUT2D eigenvalue weighted by atomic mass is 16.2. The van der Waals surface area contributed by atoms with Crippen molar-refractivity contribution in [2.75, 3.05) is 7.05 Å². The average molecular weight is 427 g/mol. The number of urea groups is 1. The van der Waals surface area contributed by atoms with Crippen molar-refractivity contribution in [3.63, 3.8) is 0 Å². The van der Waals surface area contributed by atoms with Crippen molar-refractivity contribution in [3.8, 4) is 22.6 Å². The lowest BCUT2D eigenvalue weighted by Crippen LogP contribution is -2.44. The summed E-state index contributed by atoms with van der Waals surface area (Å²) in [6.45, 7) is 1.96. The van der Waals surface area contributed by atoms with Gasteiger partial charge in [-0.25, -0.2) is 9.78 Å². The minimum Gasteiger partial charge on any atom is -0.341 e. The number of H-pyrrole nitrogens is 1. The van der Waals surface area contributed by atoms with Crippen LogP contribution in [0.4, 0.5) is 4.79 Å². The van der Waals surface area contributed by atoms with Crippen molar-refractivity contribution in [2.24, 2.45) is 0 Å². The second-order valence-corrected chi connectivity index (χ2v) is 8.07. The first-order valence-corrected chi connectivity index (χ1v) is 10.7. The number of carbonyl (C=O) groups is 1. The SMILES string of the molecule is CNC(=O)N(C(=N)c1[nH]c(-c2ccccc2)nc1-c1ccc2cnc(C)cc2c1)C1CC1.[HH]. The van der Waals surface area contributed by atoms with Crippen LogP contribution in [0, 0.1) is 12.3 Å². The molecular formula is C25H26N6O. The molecule has 4 aromatic rings. The number of rotatable bonds is 4. The highest BCUT2D eigenvalue weighted by molar-refractivity contribution is 6.09. The number of nitrogens with zero attached hydrogens (tertiary/aromatic N) is 3. The highest BCUT2D eigenvalue weighted by Gasteiger charge is 2.37. The third kappa shape index (κ3) is 3.62. The number of fused-ring (bicyclic) bond motifs is 1. The summed E-state index contributed by atoms with van der Waals surface area (Å²) < 4.78 is 0. The van der Waals surface area contributed by atoms with Gasteiger partial charge in [-0.2, -0.15) is 0 Å². The molecule has 1 fully saturated rings. The molecule has 2 heterocycles. The summed E-state index contributed by atoms with van der Waals surface area (Å²) in [5.41, 5.74) is 3.93. The van der Waals surface area contributed by atoms with Crippen molar-refractivity contribution < 1.29 is 6.22 Å². The average Bonchev–Trinajstić information content (AvgIpc) is 3.55. The molecule has 1 aliphatic rings. The first-order valence-electron chi connectivity index (χ1n) is 10.7. The molecule has 5 rings (SSSR count). The highest BCUT2D eigenvalue weighted by Crippen LogP contribution is 2.33. The Labute approximate surface area is 187 Å². The van der Waals surface area contributed by atoms with Crippen molar-refractivity contribution in [1.29, 1.82) is 5.41 Å². The number of aryl methyl sites for hydroxylation is 1. The molecule has 0 spiro atoms. The Morgan fingerprint density at radius 2 is 1.91 bits per heavy atom. The first kappa shape index (κ1) is 19.9. The predicted octanol–water partition coefficient (Wildman–Crippen LogP) is 4.98. The topological polar surface area (TPSA) is 97.8 Å². The van der Waals surface area contributed by atoms with E-state index in [2.05, 4.69) is 21.4 Å². The van der Waals surface area contributed by atoms with E-state index in [9.17, 15) is 4.79 Å². The van der Waals surface area contributed by atoms with Crippen molar-refractivity contribution in [2.45, 2.75) is 25.8 Å². The Hall–Kier alpha value is -4.00. The van der Waals surface area contributed by atoms with Crippen molar-refractivity contribution >= 4 is 22.6 Å². The van der Waals surface area contributed by atoms with E-state index >= 15 is 0 Å². The van der Waals surface area contributed by atoms with Gasteiger partial charge in [-0.3, -0.25) is 15.3 Å². The molecular weight excluding hydrogens is 400 g/mol. The van der Waals surface area contributed by atoms with Gasteiger partial charge in [0.25, 0.3) is 0 Å². The van der Waals surface area contributed by atoms with E-state index < -0.39 is 0 Å². The Kier molecular flexibility index (Phi) is 4.93. The molecule has 0 radical (unpaired) electrons. The number of benzene rings is 2. The number of carbonyl (C=O) groups excluding carboxylic acids is 1. The molecule has 162 valence electrons. The number of amidine groups is 1. The molecule has 0 unspecified atom stereocenters. The quantitative estimate of drug-likeness (QED) is 0.317. The molecule has 0 saturated heterocycles. The van der Waals surface area contributed by atoms with Gasteiger partial charge in [0.15, 0.2) is 5.84 Å². The van der Waals surface area contributed by atoms with Crippen LogP contribution in [-0.2, 0) is 0 Å². The molecule has 1 aliphatic carbocycles. The molecule has 1 saturated carbocycles. The fourth-order valence-electron chi connectivity index (χ4n) is 3.91. The fourth-order valence-corrected chi connectivity index (χ4v) is 3.91. The molecule has 2 aromatic heterocycles. The number of amides is 2. The van der Waals surface area contributed by atoms with Crippen LogP contribution in [0.25, 0.3) is 33.4 Å². The van der Waals surface area contributed by atoms with Crippen molar-refractivity contribution in [1.82, 2.24) is 25.2 Å². The maximum Gasteiger partial charge on any atom is 0.323 e. The third-order valence-corrected chi connectivity index (χ3v) is 5.71. The lowest BCUT2D eigenvalue weighted by Gasteiger charge is -2.22. The fraction of sp³-hybridized carbons (Fsp3) is 0.200. The summed E-state index contributed by atoms with van der Waals surface area (Å²) in [5, 5.41) is 13.7. The summed E-state index contributed by atoms with van der Waals surface area (Å²) in [5.74, 6) is 0.793. The number of pyridine rings is 1. The maximum atomic E-state index is 12.6. The molecule has 7 heteroatoms. The lowest BCUT2D eigenvalue weighted by atomic mass is 10.0. The van der Waals surface area contributed by atoms with Gasteiger partial charge in [-0.15, -0.1) is 0 Å². The smallest absolute Gasteiger partial charge is 0.323 e. The second kappa shape index (κ2) is 7.92. The Morgan fingerprint density at radius 1 is 1.12 bits per heavy atom. The van der Waals surface area contributed by atoms with Gasteiger partial charge >= 0.3 is 6.03 Å². The molecule has 0 bridgehead atoms. The minimum absolute atomic E-state index is 0. The summed E-state index contributed by atoms with van der Waals surface area (Å²) in [4.78, 5) is 26.7. The molecule has 0 atom stereocenters. The molecule has 0 aliphatic heterocycles. The maximum absolute atomic E-state index is 12.6. The van der Waals surface area contributed by atoms with Gasteiger partial charge in [0.2, 0.25) is 0 Å². The largest absolute Gasteiger partial charge is 0.341 e. The second-order valence-electron chi connectivity index (χ2n) is 8.07. The van der Waals surface area contributed by atoms with Gasteiger partial charge in [0.1, 0.15) is 17.2 Å². The lowest BCUT2D eigenvalue weighted by molar-refractivity contribution is 0.221. The van der Waals surface area contributed by atoms with Crippen LogP contribution in [0.5, 0.6) is 0 Å². The molecule has 3 N–H and O–H groups in total. The van der Waals surface area contributed by atoms with Gasteiger partial charge in [-0.1, -0.05) is 42.5 Å². The zero-order valence-corrected chi connectivity index (χ0v) is 18.0. The zero-order chi connectivity index (χ0) is 22.2. The minimum atomic E-state index is -0.278. The number of aromatic amines is 1. The van der Waals surface area contributed by atoms with Gasteiger partial charge < -0.3 is 10.3 Å². The number of hydrogen-bond donors (Lipinski definition) is 3. The number of aromatic nitrogens is 3. The summed E-state index contributed by atoms with van der Waals surface area (Å²) >= 11 is 0. The van der Waals surface area contributed by atoms with Gasteiger partial charge in [0, 0.05) is 42.9 Å². The molecule has 2 aromatic carbocycles. The van der Waals surface area contributed by atoms with Gasteiger partial charge in [-0.05, 0) is 37.3 Å². The number of hydrogen-bond acceptors (Lipinski definition) is 4. The van der Waals surface area contributed by atoms with Crippen LogP contribution >= 0.6 is 0 Å². The van der Waals surface area contributed by atoms with E-state index in [1.165, 1.54) is 4.90 Å². The summed E-state index contributed by atoms with van der Waals surface area (Å²) in [7, 11) is 1.59. The van der Waals surface area contributed by atoms with Crippen LogP contribution in [-0.4, -0.2) is 44.8 Å². The standard InChI is InChI=1S/C25H24N6O.H2/c1-15-12-19-13-17(8-9-18(19)14-28-15)21-22(23(26)31(20-10-11-20)25(32)27-2)30-24(29-21)16-6-4-3-5-7-16;/h3-9,12-14,20,26H,10-11H2,1-2H3,(H,27,32)(H,29,30);1H. The van der Waals surface area contributed by atoms with Crippen LogP contribution in [0.15, 0.2) is 60.8 Å². The van der Waals surface area contributed by atoms with Gasteiger partial charge in [0.05, 0.1) is 0 Å². The van der Waals surface area contributed by atoms with Crippen LogP contribution in [0.2, 0.25) is 0 Å². The van der Waals surface area contributed by atoms with E-state index in [1.807, 2.05) is 61.7 Å². The van der Waals surface area contributed by atoms with E-state index in [-0.39, 0.29) is 19.3 Å². The Balaban J connectivity index is 0.00000259. The van der Waals surface area contributed by atoms with Crippen LogP contribution in [0.3, 0.4) is 0 Å². The van der Waals surface area contributed by atoms with E-state index in [0.717, 1.165) is 40.4 Å². The monoisotopic (exact) mass is 426 g/mol. The Bertz CT molecular complexity index is 1330. The molecule has 7 nitrogen and oxygen atoms in total. The van der Waals surface area contributed by atoms with E-state index in [1.54, 1.807) is 7.05 Å². The first-order chi connectivity index (χ1) is 15.5. The zero-order valence-electron chi connectivity index (χ0n) is 18.0. The summed E-state index contributed by atoms with van der Waals surface area (Å²) in [6.07, 6.45) is 3.65. The van der Waals surface area contributed by atoms with E-state index in [0.29, 0.717) is 17.2 Å². The molecule has 2 amide bonds. The van der Waals surface area contributed by atoms with E-state index in [4.69, 9.17) is 10.4 Å². The van der Waals surface area contributed by atoms with Crippen molar-refractivity contribution in [3.05, 3.63) is 72.2 Å². The third-order valence-electron chi connectivity index (χ3n) is 5.71. The van der Waals surface area contributed by atoms with Crippen LogP contribution in [0.1, 0.15) is 25.7 Å². The number of imidazole rings is 1. The van der Waals surface area contributed by atoms with Crippen LogP contribution < -0.4 is 5.32 Å². The predicted molar refractivity (Wildman–Crippen MR) is 128 cm³/mol. The Morgan fingerprint density at radius 3 is 2.62 bits per heavy atom.